The van der Waals surface area contributed by atoms with E-state index in [0.29, 0.717) is 0 Å². The predicted molar refractivity (Wildman–Crippen MR) is 49.8 cm³/mol. The minimum absolute atomic E-state index is 0. The van der Waals surface area contributed by atoms with E-state index in [1.165, 1.54) is 0 Å². The first-order chi connectivity index (χ1) is 5.25. The second-order valence-corrected chi connectivity index (χ2v) is 2.98. The molecule has 4 heteroatoms. The number of carbonyl (C=O) groups is 1. The normalized spacial score (nSPS) is 24.6. The Hall–Kier alpha value is -0.280. The lowest BCUT2D eigenvalue weighted by Crippen LogP contribution is -2.44. The largest absolute Gasteiger partial charge is 0.480 e. The Bertz CT molecular complexity index is 152. The van der Waals surface area contributed by atoms with Crippen molar-refractivity contribution in [3.63, 3.8) is 0 Å². The maximum absolute atomic E-state index is 10.7. The van der Waals surface area contributed by atoms with Gasteiger partial charge in [0.1, 0.15) is 6.04 Å². The number of piperidine rings is 1. The maximum Gasteiger partial charge on any atom is 0.320 e. The lowest BCUT2D eigenvalue weighted by molar-refractivity contribution is -0.144. The van der Waals surface area contributed by atoms with Gasteiger partial charge >= 0.3 is 5.97 Å². The van der Waals surface area contributed by atoms with Crippen molar-refractivity contribution in [1.82, 2.24) is 4.90 Å². The third kappa shape index (κ3) is 2.64. The molecule has 0 spiro atoms. The summed E-state index contributed by atoms with van der Waals surface area (Å²) in [6, 6.07) is -0.214. The van der Waals surface area contributed by atoms with Crippen LogP contribution in [0.1, 0.15) is 26.2 Å². The average Bonchev–Trinajstić information content (AvgIpc) is 2.04. The molecule has 0 aromatic carbocycles. The average molecular weight is 194 g/mol. The lowest BCUT2D eigenvalue weighted by atomic mass is 10.0. The van der Waals surface area contributed by atoms with Gasteiger partial charge in [0, 0.05) is 0 Å². The number of nitrogens with zero attached hydrogens (tertiary/aromatic N) is 1. The van der Waals surface area contributed by atoms with Gasteiger partial charge in [0.15, 0.2) is 0 Å². The summed E-state index contributed by atoms with van der Waals surface area (Å²) in [4.78, 5) is 12.7. The molecule has 0 radical (unpaired) electrons. The minimum atomic E-state index is -0.661. The van der Waals surface area contributed by atoms with E-state index in [2.05, 4.69) is 0 Å². The van der Waals surface area contributed by atoms with Gasteiger partial charge in [-0.3, -0.25) is 9.69 Å². The molecule has 0 bridgehead atoms. The van der Waals surface area contributed by atoms with Crippen LogP contribution in [0.4, 0.5) is 0 Å². The highest BCUT2D eigenvalue weighted by atomic mass is 35.5. The summed E-state index contributed by atoms with van der Waals surface area (Å²) in [5, 5.41) is 8.80. The number of aliphatic carboxylic acids is 1. The molecule has 1 unspecified atom stereocenters. The fraction of sp³-hybridized carbons (Fsp3) is 0.875. The van der Waals surface area contributed by atoms with E-state index in [1.54, 1.807) is 0 Å². The summed E-state index contributed by atoms with van der Waals surface area (Å²) in [6.45, 7) is 3.83. The van der Waals surface area contributed by atoms with Gasteiger partial charge in [0.2, 0.25) is 0 Å². The van der Waals surface area contributed by atoms with E-state index < -0.39 is 5.97 Å². The third-order valence-electron chi connectivity index (χ3n) is 2.30. The molecule has 0 saturated carbocycles. The van der Waals surface area contributed by atoms with Gasteiger partial charge in [0.05, 0.1) is 0 Å². The summed E-state index contributed by atoms with van der Waals surface area (Å²) >= 11 is 0. The van der Waals surface area contributed by atoms with Crippen molar-refractivity contribution in [2.45, 2.75) is 32.2 Å². The van der Waals surface area contributed by atoms with Crippen LogP contribution in [0.25, 0.3) is 0 Å². The van der Waals surface area contributed by atoms with Crippen molar-refractivity contribution in [2.75, 3.05) is 13.1 Å². The second kappa shape index (κ2) is 5.38. The van der Waals surface area contributed by atoms with Crippen LogP contribution in [0.3, 0.4) is 0 Å². The van der Waals surface area contributed by atoms with Crippen LogP contribution in [0.15, 0.2) is 0 Å². The molecule has 0 amide bonds. The Morgan fingerprint density at radius 1 is 1.58 bits per heavy atom. The lowest BCUT2D eigenvalue weighted by Gasteiger charge is -2.31. The molecule has 1 aliphatic rings. The van der Waals surface area contributed by atoms with Crippen molar-refractivity contribution < 1.29 is 9.90 Å². The Balaban J connectivity index is 0.00000121. The molecule has 0 aromatic heterocycles. The molecule has 12 heavy (non-hydrogen) atoms. The molecule has 1 saturated heterocycles. The van der Waals surface area contributed by atoms with Crippen molar-refractivity contribution in [2.24, 2.45) is 0 Å². The van der Waals surface area contributed by atoms with Crippen molar-refractivity contribution >= 4 is 18.4 Å². The highest BCUT2D eigenvalue weighted by Crippen LogP contribution is 2.16. The summed E-state index contributed by atoms with van der Waals surface area (Å²) in [5.74, 6) is -0.661. The number of halogens is 1. The van der Waals surface area contributed by atoms with E-state index >= 15 is 0 Å². The first-order valence-electron chi connectivity index (χ1n) is 4.22. The quantitative estimate of drug-likeness (QED) is 0.720. The molecule has 3 nitrogen and oxygen atoms in total. The summed E-state index contributed by atoms with van der Waals surface area (Å²) < 4.78 is 0. The molecule has 0 aromatic rings. The van der Waals surface area contributed by atoms with Crippen LogP contribution < -0.4 is 0 Å². The van der Waals surface area contributed by atoms with Gasteiger partial charge in [-0.15, -0.1) is 12.4 Å². The number of carboxylic acids is 1. The first-order valence-corrected chi connectivity index (χ1v) is 4.22. The van der Waals surface area contributed by atoms with Crippen LogP contribution >= 0.6 is 12.4 Å². The van der Waals surface area contributed by atoms with E-state index in [4.69, 9.17) is 5.11 Å². The van der Waals surface area contributed by atoms with E-state index in [9.17, 15) is 4.79 Å². The fourth-order valence-corrected chi connectivity index (χ4v) is 1.65. The smallest absolute Gasteiger partial charge is 0.320 e. The molecule has 72 valence electrons. The zero-order chi connectivity index (χ0) is 8.27. The molecule has 1 atom stereocenters. The number of hydrogen-bond acceptors (Lipinski definition) is 2. The highest BCUT2D eigenvalue weighted by molar-refractivity contribution is 5.85. The molecular weight excluding hydrogens is 178 g/mol. The third-order valence-corrected chi connectivity index (χ3v) is 2.30. The number of hydrogen-bond donors (Lipinski definition) is 1. The summed E-state index contributed by atoms with van der Waals surface area (Å²) in [5.41, 5.74) is 0. The van der Waals surface area contributed by atoms with Crippen molar-refractivity contribution in [3.05, 3.63) is 0 Å². The van der Waals surface area contributed by atoms with Crippen molar-refractivity contribution in [1.29, 1.82) is 0 Å². The molecule has 0 aliphatic carbocycles. The molecule has 1 N–H and O–H groups in total. The Morgan fingerprint density at radius 2 is 2.25 bits per heavy atom. The highest BCUT2D eigenvalue weighted by Gasteiger charge is 2.26. The number of likely N-dealkylation sites (tertiary alicyclic amines) is 1. The Kier molecular flexibility index (Phi) is 5.25. The Labute approximate surface area is 79.2 Å². The number of rotatable bonds is 2. The maximum atomic E-state index is 10.7. The molecular formula is C8H16ClNO2. The minimum Gasteiger partial charge on any atom is -0.480 e. The zero-order valence-electron chi connectivity index (χ0n) is 7.32. The summed E-state index contributed by atoms with van der Waals surface area (Å²) in [6.07, 6.45) is 3.04. The van der Waals surface area contributed by atoms with Crippen LogP contribution in [0.5, 0.6) is 0 Å². The van der Waals surface area contributed by atoms with Gasteiger partial charge in [-0.2, -0.15) is 0 Å². The number of carboxylic acid groups (broad SMARTS) is 1. The van der Waals surface area contributed by atoms with Crippen molar-refractivity contribution in [3.8, 4) is 0 Å². The molecule has 1 heterocycles. The van der Waals surface area contributed by atoms with Crippen LogP contribution in [-0.4, -0.2) is 35.1 Å². The van der Waals surface area contributed by atoms with Gasteiger partial charge in [-0.1, -0.05) is 13.3 Å². The van der Waals surface area contributed by atoms with Gasteiger partial charge in [-0.05, 0) is 25.9 Å². The predicted octanol–water partition coefficient (Wildman–Crippen LogP) is 1.37. The summed E-state index contributed by atoms with van der Waals surface area (Å²) in [7, 11) is 0. The zero-order valence-corrected chi connectivity index (χ0v) is 8.14. The van der Waals surface area contributed by atoms with E-state index in [0.717, 1.165) is 32.4 Å². The topological polar surface area (TPSA) is 40.5 Å². The Morgan fingerprint density at radius 3 is 2.67 bits per heavy atom. The van der Waals surface area contributed by atoms with Gasteiger partial charge in [0.25, 0.3) is 0 Å². The monoisotopic (exact) mass is 193 g/mol. The van der Waals surface area contributed by atoms with Crippen LogP contribution in [-0.2, 0) is 4.79 Å². The number of likely N-dealkylation sites (N-methyl/N-ethyl adjacent to an activating group) is 1. The first kappa shape index (κ1) is 11.7. The molecule has 1 aliphatic heterocycles. The van der Waals surface area contributed by atoms with E-state index in [-0.39, 0.29) is 18.4 Å². The van der Waals surface area contributed by atoms with Crippen LogP contribution in [0.2, 0.25) is 0 Å². The molecule has 1 rings (SSSR count). The van der Waals surface area contributed by atoms with Crippen LogP contribution in [0, 0.1) is 0 Å². The fourth-order valence-electron chi connectivity index (χ4n) is 1.65. The second-order valence-electron chi connectivity index (χ2n) is 2.98. The standard InChI is InChI=1S/C8H15NO2.ClH/c1-2-9-6-4-3-5-7(9)8(10)11;/h7H,2-6H2,1H3,(H,10,11);1H. The van der Waals surface area contributed by atoms with E-state index in [1.807, 2.05) is 11.8 Å². The SMILES string of the molecule is CCN1CCCCC1C(=O)O.Cl. The van der Waals surface area contributed by atoms with Gasteiger partial charge in [-0.25, -0.2) is 0 Å². The molecule has 1 fully saturated rings. The van der Waals surface area contributed by atoms with Gasteiger partial charge < -0.3 is 5.11 Å².